The molecule has 0 N–H and O–H groups in total. The number of ether oxygens (including phenoxy) is 4. The van der Waals surface area contributed by atoms with Crippen molar-refractivity contribution >= 4 is 6.29 Å². The van der Waals surface area contributed by atoms with E-state index in [1.807, 2.05) is 0 Å². The van der Waals surface area contributed by atoms with Crippen LogP contribution in [0.25, 0.3) is 0 Å². The van der Waals surface area contributed by atoms with Crippen molar-refractivity contribution in [3.8, 4) is 0 Å². The molecule has 4 saturated carbocycles. The van der Waals surface area contributed by atoms with Crippen molar-refractivity contribution in [1.29, 1.82) is 0 Å². The summed E-state index contributed by atoms with van der Waals surface area (Å²) in [6, 6.07) is 0. The molecular weight excluding hydrogens is 380 g/mol. The minimum Gasteiger partial charge on any atom is -0.347 e. The average Bonchev–Trinajstić information content (AvgIpc) is 3.44. The van der Waals surface area contributed by atoms with Crippen molar-refractivity contribution in [3.05, 3.63) is 12.2 Å². The lowest BCUT2D eigenvalue weighted by atomic mass is 9.43. The SMILES string of the molecule is C=C1CC2(C[C@@H]3CC[C@H]4[C@@H]5[C@@H](C=O)CC6(OCCO6)[C@@]5(C)CC[C@@H]4[C@@]13C)OCCO2. The second-order valence-corrected chi connectivity index (χ2v) is 11.4. The summed E-state index contributed by atoms with van der Waals surface area (Å²) in [4.78, 5) is 12.3. The van der Waals surface area contributed by atoms with Gasteiger partial charge in [0.15, 0.2) is 11.6 Å². The Hall–Kier alpha value is -0.750. The number of carbonyl (C=O) groups excluding carboxylic acids is 1. The predicted molar refractivity (Wildman–Crippen MR) is 110 cm³/mol. The monoisotopic (exact) mass is 416 g/mol. The Balaban J connectivity index is 1.35. The van der Waals surface area contributed by atoms with Crippen LogP contribution in [0.3, 0.4) is 0 Å². The molecule has 166 valence electrons. The van der Waals surface area contributed by atoms with Gasteiger partial charge < -0.3 is 23.7 Å². The molecule has 4 aliphatic carbocycles. The van der Waals surface area contributed by atoms with Crippen molar-refractivity contribution in [2.24, 2.45) is 40.4 Å². The summed E-state index contributed by atoms with van der Waals surface area (Å²) in [6.07, 6.45) is 8.32. The molecule has 2 saturated heterocycles. The second-order valence-electron chi connectivity index (χ2n) is 11.4. The molecule has 2 heterocycles. The topological polar surface area (TPSA) is 54.0 Å². The van der Waals surface area contributed by atoms with Gasteiger partial charge in [-0.25, -0.2) is 0 Å². The number of hydrogen-bond donors (Lipinski definition) is 0. The van der Waals surface area contributed by atoms with Gasteiger partial charge in [-0.05, 0) is 54.8 Å². The molecule has 0 amide bonds. The highest BCUT2D eigenvalue weighted by Gasteiger charge is 2.71. The Morgan fingerprint density at radius 2 is 1.67 bits per heavy atom. The first-order valence-corrected chi connectivity index (χ1v) is 12.1. The van der Waals surface area contributed by atoms with E-state index < -0.39 is 11.6 Å². The van der Waals surface area contributed by atoms with Crippen LogP contribution in [-0.4, -0.2) is 44.3 Å². The smallest absolute Gasteiger partial charge is 0.174 e. The minimum absolute atomic E-state index is 0.0331. The summed E-state index contributed by atoms with van der Waals surface area (Å²) < 4.78 is 24.7. The number of aldehydes is 1. The van der Waals surface area contributed by atoms with Crippen molar-refractivity contribution in [1.82, 2.24) is 0 Å². The standard InChI is InChI=1S/C25H36O5/c1-16-12-24(27-8-9-28-24)14-18-4-5-19-20(23(16,18)3)6-7-22(2)21(19)17(15-26)13-25(22)29-10-11-30-25/h15,17-21H,1,4-14H2,2-3H3/t17-,18+,19-,20+,21+,22+,23+/m1/s1. The highest BCUT2D eigenvalue weighted by molar-refractivity contribution is 5.56. The third-order valence-electron chi connectivity index (χ3n) is 10.5. The molecule has 0 unspecified atom stereocenters. The summed E-state index contributed by atoms with van der Waals surface area (Å²) in [6.45, 7) is 12.1. The Morgan fingerprint density at radius 1 is 0.967 bits per heavy atom. The van der Waals surface area contributed by atoms with Crippen molar-refractivity contribution in [3.63, 3.8) is 0 Å². The van der Waals surface area contributed by atoms with Gasteiger partial charge in [-0.1, -0.05) is 26.0 Å². The van der Waals surface area contributed by atoms with Crippen LogP contribution in [0.15, 0.2) is 12.2 Å². The summed E-state index contributed by atoms with van der Waals surface area (Å²) in [5.41, 5.74) is 1.34. The van der Waals surface area contributed by atoms with Crippen LogP contribution < -0.4 is 0 Å². The van der Waals surface area contributed by atoms with Crippen molar-refractivity contribution in [2.75, 3.05) is 26.4 Å². The van der Waals surface area contributed by atoms with E-state index in [9.17, 15) is 4.79 Å². The van der Waals surface area contributed by atoms with Crippen molar-refractivity contribution in [2.45, 2.75) is 70.4 Å². The largest absolute Gasteiger partial charge is 0.347 e. The van der Waals surface area contributed by atoms with Gasteiger partial charge in [0, 0.05) is 30.6 Å². The van der Waals surface area contributed by atoms with Gasteiger partial charge >= 0.3 is 0 Å². The first-order valence-electron chi connectivity index (χ1n) is 12.1. The third kappa shape index (κ3) is 2.31. The molecule has 6 fully saturated rings. The molecule has 0 radical (unpaired) electrons. The van der Waals surface area contributed by atoms with Crippen LogP contribution in [0, 0.1) is 40.4 Å². The van der Waals surface area contributed by atoms with Gasteiger partial charge in [-0.15, -0.1) is 0 Å². The van der Waals surface area contributed by atoms with E-state index in [2.05, 4.69) is 20.4 Å². The molecule has 5 nitrogen and oxygen atoms in total. The molecule has 5 heteroatoms. The number of hydrogen-bond acceptors (Lipinski definition) is 5. The van der Waals surface area contributed by atoms with Crippen LogP contribution in [0.4, 0.5) is 0 Å². The van der Waals surface area contributed by atoms with E-state index in [4.69, 9.17) is 18.9 Å². The maximum Gasteiger partial charge on any atom is 0.174 e. The van der Waals surface area contributed by atoms with Crippen LogP contribution in [-0.2, 0) is 23.7 Å². The fourth-order valence-electron chi connectivity index (χ4n) is 9.17. The van der Waals surface area contributed by atoms with Gasteiger partial charge in [0.05, 0.1) is 26.4 Å². The molecule has 30 heavy (non-hydrogen) atoms. The lowest BCUT2D eigenvalue weighted by Crippen LogP contribution is -2.59. The lowest BCUT2D eigenvalue weighted by Gasteiger charge is -2.63. The lowest BCUT2D eigenvalue weighted by molar-refractivity contribution is -0.250. The quantitative estimate of drug-likeness (QED) is 0.476. The molecule has 6 aliphatic rings. The predicted octanol–water partition coefficient (Wildman–Crippen LogP) is 4.11. The first kappa shape index (κ1) is 19.9. The van der Waals surface area contributed by atoms with E-state index in [1.54, 1.807) is 0 Å². The zero-order valence-electron chi connectivity index (χ0n) is 18.5. The van der Waals surface area contributed by atoms with Crippen LogP contribution in [0.5, 0.6) is 0 Å². The van der Waals surface area contributed by atoms with E-state index in [-0.39, 0.29) is 16.7 Å². The molecule has 0 aromatic carbocycles. The van der Waals surface area contributed by atoms with Gasteiger partial charge in [-0.2, -0.15) is 0 Å². The molecule has 2 aliphatic heterocycles. The van der Waals surface area contributed by atoms with Crippen LogP contribution >= 0.6 is 0 Å². The van der Waals surface area contributed by atoms with Gasteiger partial charge in [0.25, 0.3) is 0 Å². The van der Waals surface area contributed by atoms with Crippen molar-refractivity contribution < 1.29 is 23.7 Å². The number of fused-ring (bicyclic) bond motifs is 6. The van der Waals surface area contributed by atoms with Gasteiger partial charge in [0.1, 0.15) is 6.29 Å². The molecule has 0 bridgehead atoms. The Kier molecular flexibility index (Phi) is 4.25. The fraction of sp³-hybridized carbons (Fsp3) is 0.880. The zero-order chi connectivity index (χ0) is 20.8. The second kappa shape index (κ2) is 6.40. The highest BCUT2D eigenvalue weighted by atomic mass is 16.7. The van der Waals surface area contributed by atoms with Crippen LogP contribution in [0.2, 0.25) is 0 Å². The summed E-state index contributed by atoms with van der Waals surface area (Å²) in [5, 5.41) is 0. The summed E-state index contributed by atoms with van der Waals surface area (Å²) in [7, 11) is 0. The summed E-state index contributed by atoms with van der Waals surface area (Å²) >= 11 is 0. The summed E-state index contributed by atoms with van der Waals surface area (Å²) in [5.74, 6) is 1.05. The average molecular weight is 417 g/mol. The number of rotatable bonds is 1. The maximum atomic E-state index is 12.3. The number of carbonyl (C=O) groups is 1. The van der Waals surface area contributed by atoms with E-state index in [0.717, 1.165) is 32.1 Å². The van der Waals surface area contributed by atoms with E-state index in [1.165, 1.54) is 24.7 Å². The Labute approximate surface area is 179 Å². The Bertz CT molecular complexity index is 751. The highest BCUT2D eigenvalue weighted by Crippen LogP contribution is 2.71. The van der Waals surface area contributed by atoms with Gasteiger partial charge in [0.2, 0.25) is 0 Å². The fourth-order valence-corrected chi connectivity index (χ4v) is 9.17. The normalized spacial score (nSPS) is 51.0. The van der Waals surface area contributed by atoms with Gasteiger partial charge in [-0.3, -0.25) is 0 Å². The molecule has 7 atom stereocenters. The Morgan fingerprint density at radius 3 is 2.37 bits per heavy atom. The van der Waals surface area contributed by atoms with E-state index >= 15 is 0 Å². The molecule has 0 aromatic heterocycles. The zero-order valence-corrected chi connectivity index (χ0v) is 18.5. The molecule has 6 rings (SSSR count). The minimum atomic E-state index is -0.550. The molecular formula is C25H36O5. The first-order chi connectivity index (χ1) is 14.4. The molecule has 0 aromatic rings. The van der Waals surface area contributed by atoms with E-state index in [0.29, 0.717) is 50.1 Å². The molecule has 2 spiro atoms. The third-order valence-corrected chi connectivity index (χ3v) is 10.5. The maximum absolute atomic E-state index is 12.3. The van der Waals surface area contributed by atoms with Crippen LogP contribution in [0.1, 0.15) is 58.8 Å².